The first kappa shape index (κ1) is 14.9. The van der Waals surface area contributed by atoms with E-state index in [1.807, 2.05) is 0 Å². The highest BCUT2D eigenvalue weighted by Gasteiger charge is 2.39. The van der Waals surface area contributed by atoms with E-state index in [1.54, 1.807) is 0 Å². The Labute approximate surface area is 101 Å². The maximum Gasteiger partial charge on any atom is 0.393 e. The molecule has 1 heterocycles. The number of hydrogen-bond acceptors (Lipinski definition) is 1. The summed E-state index contributed by atoms with van der Waals surface area (Å²) in [5, 5.41) is 2.64. The van der Waals surface area contributed by atoms with Crippen molar-refractivity contribution >= 4 is 0 Å². The lowest BCUT2D eigenvalue weighted by atomic mass is 9.84. The van der Waals surface area contributed by atoms with E-state index < -0.39 is 30.7 Å². The van der Waals surface area contributed by atoms with Crippen LogP contribution in [0.25, 0.3) is 0 Å². The molecule has 0 aromatic rings. The van der Waals surface area contributed by atoms with Crippen molar-refractivity contribution in [3.05, 3.63) is 23.4 Å². The highest BCUT2D eigenvalue weighted by Crippen LogP contribution is 2.38. The molecule has 104 valence electrons. The molecule has 0 aliphatic carbocycles. The lowest BCUT2D eigenvalue weighted by molar-refractivity contribution is -0.133. The molecule has 0 radical (unpaired) electrons. The third-order valence-electron chi connectivity index (χ3n) is 2.64. The molecule has 7 heteroatoms. The van der Waals surface area contributed by atoms with Crippen LogP contribution < -0.4 is 5.32 Å². The highest BCUT2D eigenvalue weighted by atomic mass is 19.4. The Bertz CT molecular complexity index is 372. The van der Waals surface area contributed by atoms with Crippen molar-refractivity contribution in [2.45, 2.75) is 44.6 Å². The minimum absolute atomic E-state index is 0.269. The van der Waals surface area contributed by atoms with Crippen LogP contribution in [0.2, 0.25) is 0 Å². The van der Waals surface area contributed by atoms with E-state index in [2.05, 4.69) is 5.32 Å². The lowest BCUT2D eigenvalue weighted by Crippen LogP contribution is -2.42. The van der Waals surface area contributed by atoms with Gasteiger partial charge >= 0.3 is 12.4 Å². The smallest absolute Gasteiger partial charge is 0.382 e. The summed E-state index contributed by atoms with van der Waals surface area (Å²) in [6.45, 7) is 2.85. The molecule has 0 atom stereocenters. The summed E-state index contributed by atoms with van der Waals surface area (Å²) in [6.07, 6.45) is -9.44. The third kappa shape index (κ3) is 4.27. The fourth-order valence-corrected chi connectivity index (χ4v) is 1.86. The third-order valence-corrected chi connectivity index (χ3v) is 2.64. The van der Waals surface area contributed by atoms with Gasteiger partial charge in [0.2, 0.25) is 0 Å². The fraction of sp³-hybridized carbons (Fsp3) is 0.636. The van der Waals surface area contributed by atoms with E-state index in [4.69, 9.17) is 0 Å². The summed E-state index contributed by atoms with van der Waals surface area (Å²) < 4.78 is 74.3. The molecule has 0 unspecified atom stereocenters. The van der Waals surface area contributed by atoms with E-state index in [9.17, 15) is 26.3 Å². The molecule has 1 nitrogen and oxygen atoms in total. The number of hydrogen-bond donors (Lipinski definition) is 1. The van der Waals surface area contributed by atoms with Crippen molar-refractivity contribution in [1.29, 1.82) is 0 Å². The summed E-state index contributed by atoms with van der Waals surface area (Å²) in [5.41, 5.74) is -1.72. The van der Waals surface area contributed by atoms with Gasteiger partial charge in [-0.1, -0.05) is 0 Å². The van der Waals surface area contributed by atoms with Crippen molar-refractivity contribution in [3.8, 4) is 0 Å². The van der Waals surface area contributed by atoms with Gasteiger partial charge in [-0.25, -0.2) is 0 Å². The number of dihydropyridines is 1. The molecular weight excluding hydrogens is 260 g/mol. The van der Waals surface area contributed by atoms with E-state index in [0.717, 1.165) is 6.08 Å². The SMILES string of the molecule is CC1(C)NC=CC(CC(F)(F)F)=C1CC(F)(F)F. The Hall–Kier alpha value is -1.14. The summed E-state index contributed by atoms with van der Waals surface area (Å²) >= 11 is 0. The average Bonchev–Trinajstić information content (AvgIpc) is 2.06. The number of alkyl halides is 6. The second-order valence-corrected chi connectivity index (χ2v) is 4.69. The van der Waals surface area contributed by atoms with Crippen LogP contribution in [0.15, 0.2) is 23.4 Å². The number of halogens is 6. The molecule has 0 saturated heterocycles. The monoisotopic (exact) mass is 273 g/mol. The molecule has 0 fully saturated rings. The van der Waals surface area contributed by atoms with Crippen LogP contribution in [0.3, 0.4) is 0 Å². The van der Waals surface area contributed by atoms with Crippen LogP contribution in [-0.4, -0.2) is 17.9 Å². The van der Waals surface area contributed by atoms with Gasteiger partial charge in [-0.3, -0.25) is 0 Å². The van der Waals surface area contributed by atoms with Gasteiger partial charge in [0.25, 0.3) is 0 Å². The first-order valence-electron chi connectivity index (χ1n) is 5.21. The number of rotatable bonds is 2. The van der Waals surface area contributed by atoms with Gasteiger partial charge < -0.3 is 5.32 Å². The second-order valence-electron chi connectivity index (χ2n) is 4.69. The van der Waals surface area contributed by atoms with Gasteiger partial charge in [0.15, 0.2) is 0 Å². The molecule has 0 aromatic heterocycles. The zero-order valence-electron chi connectivity index (χ0n) is 9.84. The van der Waals surface area contributed by atoms with Crippen LogP contribution in [0.1, 0.15) is 26.7 Å². The van der Waals surface area contributed by atoms with Gasteiger partial charge in [-0.05, 0) is 37.3 Å². The molecule has 1 N–H and O–H groups in total. The van der Waals surface area contributed by atoms with Crippen LogP contribution in [0, 0.1) is 0 Å². The Kier molecular flexibility index (Phi) is 3.74. The summed E-state index contributed by atoms with van der Waals surface area (Å²) in [6, 6.07) is 0. The predicted molar refractivity (Wildman–Crippen MR) is 54.7 cm³/mol. The van der Waals surface area contributed by atoms with Crippen LogP contribution >= 0.6 is 0 Å². The van der Waals surface area contributed by atoms with Gasteiger partial charge in [-0.2, -0.15) is 26.3 Å². The molecule has 1 rings (SSSR count). The van der Waals surface area contributed by atoms with Crippen molar-refractivity contribution in [2.75, 3.05) is 0 Å². The first-order valence-corrected chi connectivity index (χ1v) is 5.21. The Morgan fingerprint density at radius 1 is 1.00 bits per heavy atom. The average molecular weight is 273 g/mol. The quantitative estimate of drug-likeness (QED) is 0.747. The van der Waals surface area contributed by atoms with Crippen molar-refractivity contribution in [3.63, 3.8) is 0 Å². The van der Waals surface area contributed by atoms with Crippen LogP contribution in [0.4, 0.5) is 26.3 Å². The fourth-order valence-electron chi connectivity index (χ4n) is 1.86. The topological polar surface area (TPSA) is 12.0 Å². The van der Waals surface area contributed by atoms with E-state index in [1.165, 1.54) is 20.0 Å². The highest BCUT2D eigenvalue weighted by molar-refractivity contribution is 5.37. The van der Waals surface area contributed by atoms with Gasteiger partial charge in [0.1, 0.15) is 0 Å². The molecule has 1 aliphatic heterocycles. The summed E-state index contributed by atoms with van der Waals surface area (Å²) in [7, 11) is 0. The Balaban J connectivity index is 3.13. The summed E-state index contributed by atoms with van der Waals surface area (Å²) in [5.74, 6) is 0. The largest absolute Gasteiger partial charge is 0.393 e. The predicted octanol–water partition coefficient (Wildman–Crippen LogP) is 4.08. The van der Waals surface area contributed by atoms with Crippen molar-refractivity contribution < 1.29 is 26.3 Å². The van der Waals surface area contributed by atoms with Crippen molar-refractivity contribution in [2.24, 2.45) is 0 Å². The minimum atomic E-state index is -4.53. The van der Waals surface area contributed by atoms with Crippen molar-refractivity contribution in [1.82, 2.24) is 5.32 Å². The van der Waals surface area contributed by atoms with E-state index in [0.29, 0.717) is 0 Å². The maximum atomic E-state index is 12.4. The van der Waals surface area contributed by atoms with Crippen LogP contribution in [-0.2, 0) is 0 Å². The van der Waals surface area contributed by atoms with Gasteiger partial charge in [-0.15, -0.1) is 0 Å². The molecule has 0 bridgehead atoms. The number of allylic oxidation sites excluding steroid dienone is 2. The second kappa shape index (κ2) is 4.51. The zero-order chi connectivity index (χ0) is 14.2. The number of nitrogens with one attached hydrogen (secondary N) is 1. The zero-order valence-corrected chi connectivity index (χ0v) is 9.84. The Morgan fingerprint density at radius 2 is 1.50 bits per heavy atom. The molecule has 0 amide bonds. The van der Waals surface area contributed by atoms with Crippen LogP contribution in [0.5, 0.6) is 0 Å². The normalized spacial score (nSPS) is 20.0. The molecule has 18 heavy (non-hydrogen) atoms. The minimum Gasteiger partial charge on any atom is -0.382 e. The maximum absolute atomic E-state index is 12.4. The van der Waals surface area contributed by atoms with Gasteiger partial charge in [0, 0.05) is 0 Å². The van der Waals surface area contributed by atoms with Gasteiger partial charge in [0.05, 0.1) is 18.4 Å². The molecule has 1 aliphatic rings. The molecule has 0 saturated carbocycles. The molecule has 0 aromatic carbocycles. The lowest BCUT2D eigenvalue weighted by Gasteiger charge is -2.34. The summed E-state index contributed by atoms with van der Waals surface area (Å²) in [4.78, 5) is 0. The standard InChI is InChI=1S/C11H13F6N/c1-9(2)8(6-11(15,16)17)7(3-4-18-9)5-10(12,13)14/h3-4,18H,5-6H2,1-2H3. The van der Waals surface area contributed by atoms with E-state index in [-0.39, 0.29) is 11.1 Å². The Morgan fingerprint density at radius 3 is 1.94 bits per heavy atom. The van der Waals surface area contributed by atoms with E-state index >= 15 is 0 Å². The molecule has 0 spiro atoms. The molecular formula is C11H13F6N. The first-order chi connectivity index (χ1) is 7.91.